The van der Waals surface area contributed by atoms with E-state index >= 15 is 0 Å². The number of hydrogen-bond donors (Lipinski definition) is 1. The van der Waals surface area contributed by atoms with Crippen molar-refractivity contribution in [1.82, 2.24) is 4.90 Å². The smallest absolute Gasteiger partial charge is 0.115 e. The number of phenols is 1. The predicted octanol–water partition coefficient (Wildman–Crippen LogP) is 4.66. The first-order valence-corrected chi connectivity index (χ1v) is 9.71. The van der Waals surface area contributed by atoms with Gasteiger partial charge >= 0.3 is 0 Å². The zero-order valence-corrected chi connectivity index (χ0v) is 14.8. The lowest BCUT2D eigenvalue weighted by molar-refractivity contribution is 0.178. The molecule has 3 rings (SSSR count). The molecule has 23 heavy (non-hydrogen) atoms. The first-order valence-electron chi connectivity index (χ1n) is 8.83. The number of aromatic hydroxyl groups is 1. The predicted molar refractivity (Wildman–Crippen MR) is 98.4 cm³/mol. The van der Waals surface area contributed by atoms with E-state index < -0.39 is 0 Å². The molecule has 0 amide bonds. The molecule has 1 heterocycles. The van der Waals surface area contributed by atoms with Gasteiger partial charge in [-0.05, 0) is 86.3 Å². The summed E-state index contributed by atoms with van der Waals surface area (Å²) in [5.41, 5.74) is 2.77. The average molecular weight is 330 g/mol. The molecule has 0 saturated carbocycles. The lowest BCUT2D eigenvalue weighted by atomic mass is 9.87. The molecule has 0 saturated heterocycles. The van der Waals surface area contributed by atoms with Crippen LogP contribution in [0.5, 0.6) is 5.75 Å². The molecular formula is C20H27NOS. The van der Waals surface area contributed by atoms with Gasteiger partial charge in [-0.2, -0.15) is 0 Å². The second-order valence-corrected chi connectivity index (χ2v) is 7.60. The van der Waals surface area contributed by atoms with Crippen LogP contribution in [0.3, 0.4) is 0 Å². The minimum atomic E-state index is 0.407. The van der Waals surface area contributed by atoms with Crippen molar-refractivity contribution in [3.8, 4) is 5.75 Å². The highest BCUT2D eigenvalue weighted by molar-refractivity contribution is 7.09. The number of aryl methyl sites for hydroxylation is 2. The number of hydrogen-bond acceptors (Lipinski definition) is 3. The number of thiophene rings is 1. The van der Waals surface area contributed by atoms with Gasteiger partial charge in [-0.25, -0.2) is 0 Å². The van der Waals surface area contributed by atoms with E-state index in [2.05, 4.69) is 35.4 Å². The summed E-state index contributed by atoms with van der Waals surface area (Å²) in [6, 6.07) is 10.9. The molecule has 0 aliphatic heterocycles. The molecule has 1 aromatic heterocycles. The number of benzene rings is 1. The molecule has 0 bridgehead atoms. The Balaban J connectivity index is 1.59. The summed E-state index contributed by atoms with van der Waals surface area (Å²) in [6.07, 6.45) is 7.12. The highest BCUT2D eigenvalue weighted by Crippen LogP contribution is 2.28. The van der Waals surface area contributed by atoms with Crippen LogP contribution < -0.4 is 0 Å². The van der Waals surface area contributed by atoms with E-state index in [1.54, 1.807) is 0 Å². The first kappa shape index (κ1) is 16.5. The van der Waals surface area contributed by atoms with Gasteiger partial charge < -0.3 is 10.0 Å². The third-order valence-corrected chi connectivity index (χ3v) is 5.80. The Hall–Kier alpha value is -1.32. The zero-order valence-electron chi connectivity index (χ0n) is 14.0. The first-order chi connectivity index (χ1) is 11.3. The fourth-order valence-electron chi connectivity index (χ4n) is 3.71. The van der Waals surface area contributed by atoms with Crippen LogP contribution in [-0.2, 0) is 19.3 Å². The molecule has 2 aromatic rings. The molecule has 1 unspecified atom stereocenters. The maximum absolute atomic E-state index is 9.75. The number of phenolic OH excluding ortho intramolecular Hbond substituents is 1. The SMILES string of the molecule is CCCN(CCCc1cccs1)C1CCc2ccc(O)cc2C1. The Morgan fingerprint density at radius 1 is 1.22 bits per heavy atom. The summed E-state index contributed by atoms with van der Waals surface area (Å²) in [4.78, 5) is 4.18. The van der Waals surface area contributed by atoms with E-state index in [1.165, 1.54) is 54.8 Å². The average Bonchev–Trinajstić information content (AvgIpc) is 3.07. The topological polar surface area (TPSA) is 23.5 Å². The second-order valence-electron chi connectivity index (χ2n) is 6.57. The summed E-state index contributed by atoms with van der Waals surface area (Å²) < 4.78 is 0. The zero-order chi connectivity index (χ0) is 16.1. The molecule has 1 aromatic carbocycles. The summed E-state index contributed by atoms with van der Waals surface area (Å²) in [6.45, 7) is 4.64. The Labute approximate surface area is 143 Å². The molecule has 124 valence electrons. The van der Waals surface area contributed by atoms with E-state index in [1.807, 2.05) is 23.5 Å². The molecule has 3 heteroatoms. The van der Waals surface area contributed by atoms with Gasteiger partial charge in [0.05, 0.1) is 0 Å². The third kappa shape index (κ3) is 4.36. The van der Waals surface area contributed by atoms with Gasteiger partial charge in [0.25, 0.3) is 0 Å². The van der Waals surface area contributed by atoms with Gasteiger partial charge in [0.2, 0.25) is 0 Å². The van der Waals surface area contributed by atoms with Crippen molar-refractivity contribution < 1.29 is 5.11 Å². The maximum Gasteiger partial charge on any atom is 0.115 e. The molecule has 2 nitrogen and oxygen atoms in total. The van der Waals surface area contributed by atoms with Gasteiger partial charge in [-0.3, -0.25) is 0 Å². The van der Waals surface area contributed by atoms with Crippen LogP contribution in [0.25, 0.3) is 0 Å². The van der Waals surface area contributed by atoms with Gasteiger partial charge in [-0.15, -0.1) is 11.3 Å². The van der Waals surface area contributed by atoms with Crippen LogP contribution >= 0.6 is 11.3 Å². The van der Waals surface area contributed by atoms with Crippen LogP contribution in [0, 0.1) is 0 Å². The van der Waals surface area contributed by atoms with E-state index in [-0.39, 0.29) is 0 Å². The monoisotopic (exact) mass is 329 g/mol. The minimum Gasteiger partial charge on any atom is -0.508 e. The molecule has 1 N–H and O–H groups in total. The van der Waals surface area contributed by atoms with Crippen molar-refractivity contribution in [3.63, 3.8) is 0 Å². The summed E-state index contributed by atoms with van der Waals surface area (Å²) in [5, 5.41) is 11.9. The van der Waals surface area contributed by atoms with Crippen LogP contribution in [-0.4, -0.2) is 29.1 Å². The molecule has 0 fully saturated rings. The van der Waals surface area contributed by atoms with Crippen LogP contribution in [0.15, 0.2) is 35.7 Å². The number of fused-ring (bicyclic) bond motifs is 1. The lowest BCUT2D eigenvalue weighted by Crippen LogP contribution is -2.40. The van der Waals surface area contributed by atoms with E-state index in [4.69, 9.17) is 0 Å². The van der Waals surface area contributed by atoms with E-state index in [9.17, 15) is 5.11 Å². The second kappa shape index (κ2) is 7.98. The molecular weight excluding hydrogens is 302 g/mol. The Kier molecular flexibility index (Phi) is 5.74. The minimum absolute atomic E-state index is 0.407. The third-order valence-electron chi connectivity index (χ3n) is 4.87. The van der Waals surface area contributed by atoms with Crippen molar-refractivity contribution >= 4 is 11.3 Å². The fraction of sp³-hybridized carbons (Fsp3) is 0.500. The highest BCUT2D eigenvalue weighted by atomic mass is 32.1. The molecule has 0 spiro atoms. The van der Waals surface area contributed by atoms with Gasteiger partial charge in [0.1, 0.15) is 5.75 Å². The lowest BCUT2D eigenvalue weighted by Gasteiger charge is -2.35. The quantitative estimate of drug-likeness (QED) is 0.799. The van der Waals surface area contributed by atoms with Gasteiger partial charge in [0.15, 0.2) is 0 Å². The Morgan fingerprint density at radius 2 is 2.13 bits per heavy atom. The standard InChI is InChI=1S/C20H27NOS/c1-2-11-21(12-3-5-20-6-4-13-23-20)18-9-7-16-8-10-19(22)15-17(16)14-18/h4,6,8,10,13,15,18,22H,2-3,5,7,9,11-12,14H2,1H3. The van der Waals surface area contributed by atoms with Crippen LogP contribution in [0.4, 0.5) is 0 Å². The Morgan fingerprint density at radius 3 is 2.91 bits per heavy atom. The van der Waals surface area contributed by atoms with E-state index in [0.29, 0.717) is 11.8 Å². The largest absolute Gasteiger partial charge is 0.508 e. The van der Waals surface area contributed by atoms with Gasteiger partial charge in [-0.1, -0.05) is 19.1 Å². The molecule has 0 radical (unpaired) electrons. The summed E-state index contributed by atoms with van der Waals surface area (Å²) in [5.74, 6) is 0.407. The van der Waals surface area contributed by atoms with Crippen molar-refractivity contribution in [2.45, 2.75) is 51.5 Å². The normalized spacial score (nSPS) is 17.4. The van der Waals surface area contributed by atoms with Crippen LogP contribution in [0.1, 0.15) is 42.2 Å². The maximum atomic E-state index is 9.75. The Bertz CT molecular complexity index is 608. The molecule has 1 aliphatic rings. The fourth-order valence-corrected chi connectivity index (χ4v) is 4.46. The van der Waals surface area contributed by atoms with Gasteiger partial charge in [0, 0.05) is 10.9 Å². The molecule has 1 atom stereocenters. The summed E-state index contributed by atoms with van der Waals surface area (Å²) in [7, 11) is 0. The van der Waals surface area contributed by atoms with Crippen molar-refractivity contribution in [1.29, 1.82) is 0 Å². The van der Waals surface area contributed by atoms with Crippen molar-refractivity contribution in [3.05, 3.63) is 51.7 Å². The van der Waals surface area contributed by atoms with Crippen molar-refractivity contribution in [2.75, 3.05) is 13.1 Å². The molecule has 1 aliphatic carbocycles. The van der Waals surface area contributed by atoms with E-state index in [0.717, 1.165) is 12.8 Å². The summed E-state index contributed by atoms with van der Waals surface area (Å²) >= 11 is 1.87. The van der Waals surface area contributed by atoms with Crippen molar-refractivity contribution in [2.24, 2.45) is 0 Å². The number of rotatable bonds is 7. The number of nitrogens with zero attached hydrogens (tertiary/aromatic N) is 1. The van der Waals surface area contributed by atoms with Crippen LogP contribution in [0.2, 0.25) is 0 Å². The highest BCUT2D eigenvalue weighted by Gasteiger charge is 2.23.